The maximum Gasteiger partial charge on any atom is 0.230 e. The fourth-order valence-corrected chi connectivity index (χ4v) is 2.47. The Kier molecular flexibility index (Phi) is 4.50. The zero-order chi connectivity index (χ0) is 12.4. The summed E-state index contributed by atoms with van der Waals surface area (Å²) in [6, 6.07) is 4.02. The zero-order valence-electron chi connectivity index (χ0n) is 10.5. The van der Waals surface area contributed by atoms with Gasteiger partial charge in [0.2, 0.25) is 11.7 Å². The van der Waals surface area contributed by atoms with Crippen molar-refractivity contribution in [2.75, 3.05) is 0 Å². The summed E-state index contributed by atoms with van der Waals surface area (Å²) in [6.07, 6.45) is 7.72. The average Bonchev–Trinajstić information content (AvgIpc) is 2.89. The number of hydrogen-bond donors (Lipinski definition) is 1. The van der Waals surface area contributed by atoms with Crippen molar-refractivity contribution in [2.24, 2.45) is 5.73 Å². The topological polar surface area (TPSA) is 77.8 Å². The van der Waals surface area contributed by atoms with Gasteiger partial charge >= 0.3 is 0 Å². The standard InChI is InChI=1S/C13H16N4O.ClH/c14-11-3-1-2-10(8-11)13-16-12(17-18-13)9-4-6-15-7-5-9;/h4-7,10-11H,1-3,8,14H2;1H. The molecule has 2 aromatic heterocycles. The molecule has 2 heterocycles. The van der Waals surface area contributed by atoms with Crippen LogP contribution in [0.15, 0.2) is 29.0 Å². The number of pyridine rings is 1. The fraction of sp³-hybridized carbons (Fsp3) is 0.462. The molecule has 0 aliphatic heterocycles. The van der Waals surface area contributed by atoms with Gasteiger partial charge in [0.1, 0.15) is 0 Å². The van der Waals surface area contributed by atoms with Gasteiger partial charge in [0.05, 0.1) is 0 Å². The van der Waals surface area contributed by atoms with E-state index in [1.165, 1.54) is 0 Å². The number of rotatable bonds is 2. The molecule has 2 N–H and O–H groups in total. The molecule has 0 radical (unpaired) electrons. The van der Waals surface area contributed by atoms with Gasteiger partial charge in [-0.05, 0) is 31.4 Å². The molecule has 1 aliphatic carbocycles. The van der Waals surface area contributed by atoms with Crippen LogP contribution >= 0.6 is 12.4 Å². The summed E-state index contributed by atoms with van der Waals surface area (Å²) in [4.78, 5) is 8.45. The van der Waals surface area contributed by atoms with Crippen LogP contribution < -0.4 is 5.73 Å². The highest BCUT2D eigenvalue weighted by atomic mass is 35.5. The molecule has 102 valence electrons. The van der Waals surface area contributed by atoms with Gasteiger partial charge in [0.15, 0.2) is 0 Å². The highest BCUT2D eigenvalue weighted by Gasteiger charge is 2.25. The Morgan fingerprint density at radius 1 is 1.21 bits per heavy atom. The average molecular weight is 281 g/mol. The second-order valence-corrected chi connectivity index (χ2v) is 4.82. The maximum absolute atomic E-state index is 5.98. The summed E-state index contributed by atoms with van der Waals surface area (Å²) in [5.74, 6) is 1.67. The molecule has 0 spiro atoms. The first kappa shape index (κ1) is 14.0. The van der Waals surface area contributed by atoms with Crippen LogP contribution in [0, 0.1) is 0 Å². The summed E-state index contributed by atoms with van der Waals surface area (Å²) in [6.45, 7) is 0. The molecule has 3 rings (SSSR count). The van der Waals surface area contributed by atoms with Crippen LogP contribution in [0.25, 0.3) is 11.4 Å². The minimum Gasteiger partial charge on any atom is -0.339 e. The van der Waals surface area contributed by atoms with Crippen LogP contribution in [-0.2, 0) is 0 Å². The molecule has 2 unspecified atom stereocenters. The quantitative estimate of drug-likeness (QED) is 0.914. The van der Waals surface area contributed by atoms with E-state index in [2.05, 4.69) is 15.1 Å². The largest absolute Gasteiger partial charge is 0.339 e. The Bertz CT molecular complexity index is 516. The highest BCUT2D eigenvalue weighted by molar-refractivity contribution is 5.85. The Balaban J connectivity index is 0.00000133. The van der Waals surface area contributed by atoms with Crippen molar-refractivity contribution in [1.29, 1.82) is 0 Å². The van der Waals surface area contributed by atoms with Crippen molar-refractivity contribution in [3.05, 3.63) is 30.4 Å². The number of hydrogen-bond acceptors (Lipinski definition) is 5. The summed E-state index contributed by atoms with van der Waals surface area (Å²) >= 11 is 0. The second-order valence-electron chi connectivity index (χ2n) is 4.82. The molecule has 2 aromatic rings. The van der Waals surface area contributed by atoms with Gasteiger partial charge in [-0.2, -0.15) is 4.98 Å². The van der Waals surface area contributed by atoms with Crippen molar-refractivity contribution < 1.29 is 4.52 Å². The van der Waals surface area contributed by atoms with E-state index >= 15 is 0 Å². The summed E-state index contributed by atoms with van der Waals surface area (Å²) in [5, 5.41) is 4.03. The lowest BCUT2D eigenvalue weighted by Gasteiger charge is -2.23. The summed E-state index contributed by atoms with van der Waals surface area (Å²) in [5.41, 5.74) is 6.91. The number of halogens is 1. The van der Waals surface area contributed by atoms with E-state index in [4.69, 9.17) is 10.3 Å². The molecule has 2 atom stereocenters. The minimum atomic E-state index is 0. The molecule has 19 heavy (non-hydrogen) atoms. The van der Waals surface area contributed by atoms with Gasteiger partial charge in [-0.25, -0.2) is 0 Å². The summed E-state index contributed by atoms with van der Waals surface area (Å²) in [7, 11) is 0. The molecule has 0 bridgehead atoms. The number of aromatic nitrogens is 3. The van der Waals surface area contributed by atoms with Crippen molar-refractivity contribution in [3.63, 3.8) is 0 Å². The smallest absolute Gasteiger partial charge is 0.230 e. The molecule has 1 fully saturated rings. The first-order valence-electron chi connectivity index (χ1n) is 6.32. The molecular weight excluding hydrogens is 264 g/mol. The summed E-state index contributed by atoms with van der Waals surface area (Å²) < 4.78 is 5.37. The van der Waals surface area contributed by atoms with Gasteiger partial charge in [0, 0.05) is 29.9 Å². The normalized spacial score (nSPS) is 22.8. The SMILES string of the molecule is Cl.NC1CCCC(c2nc(-c3ccncc3)no2)C1. The molecule has 0 aromatic carbocycles. The molecule has 1 saturated carbocycles. The molecule has 6 heteroatoms. The maximum atomic E-state index is 5.98. The third-order valence-corrected chi connectivity index (χ3v) is 3.44. The van der Waals surface area contributed by atoms with Crippen LogP contribution in [0.3, 0.4) is 0 Å². The van der Waals surface area contributed by atoms with Crippen molar-refractivity contribution in [1.82, 2.24) is 15.1 Å². The molecule has 1 aliphatic rings. The number of nitrogens with two attached hydrogens (primary N) is 1. The zero-order valence-corrected chi connectivity index (χ0v) is 11.3. The van der Waals surface area contributed by atoms with Crippen molar-refractivity contribution >= 4 is 12.4 Å². The van der Waals surface area contributed by atoms with Crippen LogP contribution in [-0.4, -0.2) is 21.2 Å². The van der Waals surface area contributed by atoms with Crippen LogP contribution in [0.2, 0.25) is 0 Å². The van der Waals surface area contributed by atoms with Crippen molar-refractivity contribution in [2.45, 2.75) is 37.6 Å². The van der Waals surface area contributed by atoms with Gasteiger partial charge in [-0.3, -0.25) is 4.98 Å². The Morgan fingerprint density at radius 3 is 2.74 bits per heavy atom. The van der Waals surface area contributed by atoms with Gasteiger partial charge in [0.25, 0.3) is 0 Å². The molecular formula is C13H17ClN4O. The lowest BCUT2D eigenvalue weighted by atomic mass is 9.86. The van der Waals surface area contributed by atoms with E-state index in [-0.39, 0.29) is 18.4 Å². The van der Waals surface area contributed by atoms with E-state index < -0.39 is 0 Å². The van der Waals surface area contributed by atoms with Gasteiger partial charge in [-0.15, -0.1) is 12.4 Å². The Hall–Kier alpha value is -1.46. The predicted molar refractivity (Wildman–Crippen MR) is 74.0 cm³/mol. The minimum absolute atomic E-state index is 0. The Labute approximate surface area is 118 Å². The highest BCUT2D eigenvalue weighted by Crippen LogP contribution is 2.31. The van der Waals surface area contributed by atoms with Gasteiger partial charge < -0.3 is 10.3 Å². The monoisotopic (exact) mass is 280 g/mol. The Morgan fingerprint density at radius 2 is 2.00 bits per heavy atom. The molecule has 0 saturated heterocycles. The number of nitrogens with zero attached hydrogens (tertiary/aromatic N) is 3. The molecule has 5 nitrogen and oxygen atoms in total. The predicted octanol–water partition coefficient (Wildman–Crippen LogP) is 2.54. The third-order valence-electron chi connectivity index (χ3n) is 3.44. The first-order chi connectivity index (χ1) is 8.83. The molecule has 0 amide bonds. The fourth-order valence-electron chi connectivity index (χ4n) is 2.47. The van der Waals surface area contributed by atoms with E-state index in [9.17, 15) is 0 Å². The lowest BCUT2D eigenvalue weighted by molar-refractivity contribution is 0.299. The van der Waals surface area contributed by atoms with Gasteiger partial charge in [-0.1, -0.05) is 11.6 Å². The van der Waals surface area contributed by atoms with Crippen LogP contribution in [0.5, 0.6) is 0 Å². The van der Waals surface area contributed by atoms with Crippen LogP contribution in [0.1, 0.15) is 37.5 Å². The van der Waals surface area contributed by atoms with Crippen LogP contribution in [0.4, 0.5) is 0 Å². The van der Waals surface area contributed by atoms with E-state index in [0.717, 1.165) is 37.1 Å². The second kappa shape index (κ2) is 6.12. The van der Waals surface area contributed by atoms with Crippen molar-refractivity contribution in [3.8, 4) is 11.4 Å². The lowest BCUT2D eigenvalue weighted by Crippen LogP contribution is -2.26. The van der Waals surface area contributed by atoms with E-state index in [1.54, 1.807) is 12.4 Å². The third kappa shape index (κ3) is 3.11. The first-order valence-corrected chi connectivity index (χ1v) is 6.32. The van der Waals surface area contributed by atoms with E-state index in [1.807, 2.05) is 12.1 Å². The van der Waals surface area contributed by atoms with E-state index in [0.29, 0.717) is 11.7 Å².